The number of carbonyl (C=O) groups is 2. The summed E-state index contributed by atoms with van der Waals surface area (Å²) in [5.41, 5.74) is 0.603. The minimum absolute atomic E-state index is 0.0536. The van der Waals surface area contributed by atoms with Crippen LogP contribution in [0.15, 0.2) is 5.10 Å². The third kappa shape index (κ3) is 3.59. The molecular formula is C22H33N3O4S. The summed E-state index contributed by atoms with van der Waals surface area (Å²) >= 11 is 0. The Morgan fingerprint density at radius 3 is 2.33 bits per heavy atom. The molecule has 0 spiro atoms. The van der Waals surface area contributed by atoms with Gasteiger partial charge >= 0.3 is 0 Å². The van der Waals surface area contributed by atoms with Crippen LogP contribution in [0.4, 0.5) is 0 Å². The van der Waals surface area contributed by atoms with E-state index in [1.54, 1.807) is 0 Å². The second-order valence-corrected chi connectivity index (χ2v) is 12.8. The normalized spacial score (nSPS) is 40.4. The molecule has 4 bridgehead atoms. The van der Waals surface area contributed by atoms with Gasteiger partial charge in [0, 0.05) is 18.9 Å². The largest absolute Gasteiger partial charge is 0.348 e. The molecule has 0 unspecified atom stereocenters. The molecule has 6 aliphatic rings. The number of nitrogens with zero attached hydrogens (tertiary/aromatic N) is 2. The molecule has 1 saturated heterocycles. The molecule has 4 saturated carbocycles. The predicted molar refractivity (Wildman–Crippen MR) is 113 cm³/mol. The molecule has 6 rings (SSSR count). The number of hydrazone groups is 1. The first-order valence-electron chi connectivity index (χ1n) is 11.7. The first kappa shape index (κ1) is 20.5. The van der Waals surface area contributed by atoms with Crippen LogP contribution in [-0.4, -0.2) is 54.5 Å². The van der Waals surface area contributed by atoms with Crippen LogP contribution in [0.25, 0.3) is 0 Å². The summed E-state index contributed by atoms with van der Waals surface area (Å²) in [5.74, 6) is 2.16. The van der Waals surface area contributed by atoms with Gasteiger partial charge in [-0.3, -0.25) is 9.59 Å². The first-order valence-corrected chi connectivity index (χ1v) is 13.5. The van der Waals surface area contributed by atoms with E-state index in [9.17, 15) is 18.0 Å². The Morgan fingerprint density at radius 2 is 1.80 bits per heavy atom. The van der Waals surface area contributed by atoms with Crippen molar-refractivity contribution in [3.05, 3.63) is 0 Å². The van der Waals surface area contributed by atoms with E-state index in [4.69, 9.17) is 0 Å². The van der Waals surface area contributed by atoms with Gasteiger partial charge in [0.1, 0.15) is 5.71 Å². The highest BCUT2D eigenvalue weighted by atomic mass is 32.2. The minimum atomic E-state index is -3.12. The lowest BCUT2D eigenvalue weighted by atomic mass is 9.47. The molecule has 1 N–H and O–H groups in total. The van der Waals surface area contributed by atoms with Crippen LogP contribution >= 0.6 is 0 Å². The van der Waals surface area contributed by atoms with Crippen molar-refractivity contribution >= 4 is 27.4 Å². The fourth-order valence-corrected chi connectivity index (χ4v) is 9.21. The standard InChI is InChI=1S/C22H33N3O4S/c1-2-19(22-10-14-7-15(11-22)9-16(8-14)12-22)23-21(27)18-3-4-20(26)25(24-18)17-5-6-30(28,29)13-17/h14-17,19H,2-13H2,1H3,(H,23,27)/t14?,15?,16?,17-,19-,22?/m0/s1. The van der Waals surface area contributed by atoms with Crippen LogP contribution in [-0.2, 0) is 19.4 Å². The minimum Gasteiger partial charge on any atom is -0.348 e. The molecular weight excluding hydrogens is 402 g/mol. The van der Waals surface area contributed by atoms with Gasteiger partial charge in [-0.2, -0.15) is 5.10 Å². The van der Waals surface area contributed by atoms with Crippen molar-refractivity contribution in [2.75, 3.05) is 11.5 Å². The van der Waals surface area contributed by atoms with Gasteiger partial charge in [-0.25, -0.2) is 13.4 Å². The van der Waals surface area contributed by atoms with Gasteiger partial charge in [0.25, 0.3) is 5.91 Å². The third-order valence-corrected chi connectivity index (χ3v) is 10.2. The fourth-order valence-electron chi connectivity index (χ4n) is 7.52. The van der Waals surface area contributed by atoms with Crippen LogP contribution < -0.4 is 5.32 Å². The average molecular weight is 436 g/mol. The zero-order valence-electron chi connectivity index (χ0n) is 17.8. The van der Waals surface area contributed by atoms with E-state index in [0.717, 1.165) is 24.2 Å². The topological polar surface area (TPSA) is 95.9 Å². The summed E-state index contributed by atoms with van der Waals surface area (Å²) in [5, 5.41) is 8.96. The van der Waals surface area contributed by atoms with Crippen LogP contribution in [0, 0.1) is 23.2 Å². The van der Waals surface area contributed by atoms with Gasteiger partial charge in [-0.1, -0.05) is 6.92 Å². The summed E-state index contributed by atoms with van der Waals surface area (Å²) in [6.07, 6.45) is 9.67. The Labute approximate surface area is 178 Å². The molecule has 0 radical (unpaired) electrons. The molecule has 2 atom stereocenters. The molecule has 2 aliphatic heterocycles. The SMILES string of the molecule is CC[C@H](NC(=O)C1=NN([C@H]2CCS(=O)(=O)C2)C(=O)CC1)C12CC3CC(CC(C3)C1)C2. The van der Waals surface area contributed by atoms with Crippen LogP contribution in [0.3, 0.4) is 0 Å². The van der Waals surface area contributed by atoms with Gasteiger partial charge in [0.2, 0.25) is 5.91 Å². The van der Waals surface area contributed by atoms with Crippen molar-refractivity contribution in [3.63, 3.8) is 0 Å². The number of sulfone groups is 1. The number of carbonyl (C=O) groups excluding carboxylic acids is 2. The van der Waals surface area contributed by atoms with Gasteiger partial charge in [-0.05, 0) is 74.5 Å². The Balaban J connectivity index is 1.31. The summed E-state index contributed by atoms with van der Waals surface area (Å²) in [4.78, 5) is 25.5. The van der Waals surface area contributed by atoms with Crippen molar-refractivity contribution in [1.82, 2.24) is 10.3 Å². The number of hydrogen-bond donors (Lipinski definition) is 1. The molecule has 0 aromatic carbocycles. The lowest BCUT2D eigenvalue weighted by molar-refractivity contribution is -0.133. The third-order valence-electron chi connectivity index (χ3n) is 8.41. The van der Waals surface area contributed by atoms with E-state index in [1.165, 1.54) is 43.5 Å². The van der Waals surface area contributed by atoms with E-state index in [0.29, 0.717) is 18.6 Å². The van der Waals surface area contributed by atoms with E-state index in [-0.39, 0.29) is 41.2 Å². The highest BCUT2D eigenvalue weighted by molar-refractivity contribution is 7.91. The first-order chi connectivity index (χ1) is 14.3. The molecule has 0 aromatic rings. The highest BCUT2D eigenvalue weighted by Crippen LogP contribution is 2.61. The van der Waals surface area contributed by atoms with Crippen molar-refractivity contribution < 1.29 is 18.0 Å². The Morgan fingerprint density at radius 1 is 1.17 bits per heavy atom. The molecule has 4 aliphatic carbocycles. The zero-order chi connectivity index (χ0) is 21.1. The van der Waals surface area contributed by atoms with Gasteiger partial charge < -0.3 is 5.32 Å². The quantitative estimate of drug-likeness (QED) is 0.716. The molecule has 30 heavy (non-hydrogen) atoms. The van der Waals surface area contributed by atoms with E-state index in [1.807, 2.05) is 0 Å². The van der Waals surface area contributed by atoms with E-state index >= 15 is 0 Å². The van der Waals surface area contributed by atoms with Crippen LogP contribution in [0.1, 0.15) is 71.1 Å². The van der Waals surface area contributed by atoms with Gasteiger partial charge in [0.05, 0.1) is 17.5 Å². The predicted octanol–water partition coefficient (Wildman–Crippen LogP) is 2.26. The lowest BCUT2D eigenvalue weighted by Crippen LogP contribution is -2.57. The van der Waals surface area contributed by atoms with Crippen molar-refractivity contribution in [1.29, 1.82) is 0 Å². The van der Waals surface area contributed by atoms with Gasteiger partial charge in [-0.15, -0.1) is 0 Å². The molecule has 0 aromatic heterocycles. The fraction of sp³-hybridized carbons (Fsp3) is 0.864. The Kier molecular flexibility index (Phi) is 4.99. The van der Waals surface area contributed by atoms with E-state index < -0.39 is 15.9 Å². The summed E-state index contributed by atoms with van der Waals surface area (Å²) in [6, 6.07) is -0.283. The maximum atomic E-state index is 13.2. The smallest absolute Gasteiger partial charge is 0.267 e. The maximum Gasteiger partial charge on any atom is 0.267 e. The molecule has 7 nitrogen and oxygen atoms in total. The van der Waals surface area contributed by atoms with E-state index in [2.05, 4.69) is 17.3 Å². The second kappa shape index (κ2) is 7.31. The summed E-state index contributed by atoms with van der Waals surface area (Å²) in [6.45, 7) is 2.16. The summed E-state index contributed by atoms with van der Waals surface area (Å²) < 4.78 is 23.7. The number of amides is 2. The Hall–Kier alpha value is -1.44. The number of hydrogen-bond acceptors (Lipinski definition) is 5. The highest BCUT2D eigenvalue weighted by Gasteiger charge is 2.54. The molecule has 2 heterocycles. The second-order valence-electron chi connectivity index (χ2n) is 10.6. The molecule has 5 fully saturated rings. The maximum absolute atomic E-state index is 13.2. The summed E-state index contributed by atoms with van der Waals surface area (Å²) in [7, 11) is -3.12. The van der Waals surface area contributed by atoms with Gasteiger partial charge in [0.15, 0.2) is 9.84 Å². The zero-order valence-corrected chi connectivity index (χ0v) is 18.6. The van der Waals surface area contributed by atoms with Crippen molar-refractivity contribution in [2.45, 2.75) is 83.2 Å². The number of rotatable bonds is 5. The lowest BCUT2D eigenvalue weighted by Gasteiger charge is -2.59. The average Bonchev–Trinajstić information content (AvgIpc) is 3.04. The van der Waals surface area contributed by atoms with Crippen LogP contribution in [0.5, 0.6) is 0 Å². The molecule has 2 amide bonds. The number of nitrogens with one attached hydrogen (secondary N) is 1. The molecule has 166 valence electrons. The van der Waals surface area contributed by atoms with Crippen molar-refractivity contribution in [3.8, 4) is 0 Å². The monoisotopic (exact) mass is 435 g/mol. The van der Waals surface area contributed by atoms with Crippen LogP contribution in [0.2, 0.25) is 0 Å². The van der Waals surface area contributed by atoms with Crippen molar-refractivity contribution in [2.24, 2.45) is 28.3 Å². The Bertz CT molecular complexity index is 846. The molecule has 8 heteroatoms.